The zero-order valence-corrected chi connectivity index (χ0v) is 23.6. The lowest BCUT2D eigenvalue weighted by Gasteiger charge is -2.29. The smallest absolute Gasteiger partial charge is 0.408 e. The summed E-state index contributed by atoms with van der Waals surface area (Å²) >= 11 is 3.33. The molecule has 0 radical (unpaired) electrons. The maximum Gasteiger partial charge on any atom is 0.408 e. The molecule has 2 amide bonds. The number of amides is 2. The van der Waals surface area contributed by atoms with Crippen LogP contribution in [0.1, 0.15) is 63.8 Å². The van der Waals surface area contributed by atoms with Crippen molar-refractivity contribution < 1.29 is 19.1 Å². The number of carbonyl (C=O) groups excluding carboxylic acids is 2. The molecule has 0 aliphatic carbocycles. The molecule has 36 heavy (non-hydrogen) atoms. The van der Waals surface area contributed by atoms with Crippen molar-refractivity contribution in [1.82, 2.24) is 10.6 Å². The Labute approximate surface area is 223 Å². The number of ether oxygens (including phenoxy) is 2. The van der Waals surface area contributed by atoms with E-state index in [0.717, 1.165) is 33.4 Å². The second kappa shape index (κ2) is 12.3. The summed E-state index contributed by atoms with van der Waals surface area (Å²) in [6.07, 6.45) is -1.87. The third kappa shape index (κ3) is 8.26. The summed E-state index contributed by atoms with van der Waals surface area (Å²) in [4.78, 5) is 25.1. The lowest BCUT2D eigenvalue weighted by molar-refractivity contribution is 0.0494. The Morgan fingerprint density at radius 3 is 1.97 bits per heavy atom. The predicted molar refractivity (Wildman–Crippen MR) is 150 cm³/mol. The number of carbonyl (C=O) groups is 2. The summed E-state index contributed by atoms with van der Waals surface area (Å²) in [6, 6.07) is 15.7. The Balaban J connectivity index is 1.92. The first-order valence-electron chi connectivity index (χ1n) is 11.8. The molecule has 0 saturated carbocycles. The highest BCUT2D eigenvalue weighted by Crippen LogP contribution is 2.24. The summed E-state index contributed by atoms with van der Waals surface area (Å²) in [5, 5.41) is 6.07. The number of nitrogens with one attached hydrogen (secondary N) is 2. The summed E-state index contributed by atoms with van der Waals surface area (Å²) in [7, 11) is 0. The Kier molecular flexibility index (Phi) is 9.93. The molecule has 2 N–H and O–H groups in total. The molecule has 0 aliphatic heterocycles. The van der Waals surface area contributed by atoms with Gasteiger partial charge in [-0.05, 0) is 69.9 Å². The Hall–Kier alpha value is -3.06. The van der Waals surface area contributed by atoms with E-state index < -0.39 is 29.4 Å². The molecule has 6 nitrogen and oxygen atoms in total. The number of rotatable bonds is 10. The van der Waals surface area contributed by atoms with Crippen LogP contribution in [0.25, 0.3) is 11.1 Å². The molecular weight excluding hydrogens is 520 g/mol. The highest BCUT2D eigenvalue weighted by molar-refractivity contribution is 9.09. The lowest BCUT2D eigenvalue weighted by atomic mass is 9.92. The maximum absolute atomic E-state index is 12.6. The molecule has 0 spiro atoms. The topological polar surface area (TPSA) is 76.7 Å². The van der Waals surface area contributed by atoms with Gasteiger partial charge in [0.15, 0.2) is 0 Å². The Morgan fingerprint density at radius 1 is 0.861 bits per heavy atom. The first-order chi connectivity index (χ1) is 16.7. The SMILES string of the molecule is C=C(C)c1ccc(C(C)(C)NC(=O)OCC(CBr)OC(=O)NC(C)(C)c2cccc(C(=C)C)c2)cc1. The first kappa shape index (κ1) is 29.2. The molecule has 1 unspecified atom stereocenters. The van der Waals surface area contributed by atoms with Crippen LogP contribution >= 0.6 is 15.9 Å². The van der Waals surface area contributed by atoms with E-state index in [4.69, 9.17) is 9.47 Å². The van der Waals surface area contributed by atoms with Crippen molar-refractivity contribution in [3.05, 3.63) is 83.9 Å². The van der Waals surface area contributed by atoms with Crippen molar-refractivity contribution in [3.8, 4) is 0 Å². The Bertz CT molecular complexity index is 1110. The van der Waals surface area contributed by atoms with Crippen LogP contribution in [0.4, 0.5) is 9.59 Å². The molecule has 0 fully saturated rings. The van der Waals surface area contributed by atoms with E-state index in [1.54, 1.807) is 0 Å². The molecule has 0 bridgehead atoms. The van der Waals surface area contributed by atoms with Crippen LogP contribution in [-0.4, -0.2) is 30.2 Å². The minimum Gasteiger partial charge on any atom is -0.446 e. The highest BCUT2D eigenvalue weighted by Gasteiger charge is 2.27. The van der Waals surface area contributed by atoms with Crippen LogP contribution in [0.2, 0.25) is 0 Å². The zero-order chi connectivity index (χ0) is 27.1. The fraction of sp³-hybridized carbons (Fsp3) is 0.379. The van der Waals surface area contributed by atoms with E-state index in [-0.39, 0.29) is 6.61 Å². The Morgan fingerprint density at radius 2 is 1.42 bits per heavy atom. The number of halogens is 1. The van der Waals surface area contributed by atoms with Gasteiger partial charge in [-0.25, -0.2) is 9.59 Å². The largest absolute Gasteiger partial charge is 0.446 e. The summed E-state index contributed by atoms with van der Waals surface area (Å²) in [5.41, 5.74) is 4.47. The number of alkyl halides is 1. The molecule has 7 heteroatoms. The van der Waals surface area contributed by atoms with Crippen molar-refractivity contribution in [1.29, 1.82) is 0 Å². The van der Waals surface area contributed by atoms with Crippen LogP contribution in [0.3, 0.4) is 0 Å². The predicted octanol–water partition coefficient (Wildman–Crippen LogP) is 7.14. The summed E-state index contributed by atoms with van der Waals surface area (Å²) in [5.74, 6) is 0. The lowest BCUT2D eigenvalue weighted by Crippen LogP contribution is -2.44. The second-order valence-corrected chi connectivity index (χ2v) is 10.6. The molecule has 2 rings (SSSR count). The van der Waals surface area contributed by atoms with Gasteiger partial charge in [0.1, 0.15) is 12.7 Å². The molecule has 2 aromatic rings. The monoisotopic (exact) mass is 556 g/mol. The molecule has 0 aromatic heterocycles. The molecule has 0 aliphatic rings. The van der Waals surface area contributed by atoms with Crippen LogP contribution < -0.4 is 10.6 Å². The standard InChI is InChI=1S/C29H37BrN2O4/c1-19(2)21-12-14-23(15-13-21)28(5,6)31-26(33)35-18-25(17-30)36-27(34)32-29(7,8)24-11-9-10-22(16-24)20(3)4/h9-16,25H,1,3,17-18H2,2,4-8H3,(H,31,33)(H,32,34). The fourth-order valence-electron chi connectivity index (χ4n) is 3.50. The van der Waals surface area contributed by atoms with Crippen molar-refractivity contribution in [2.45, 2.75) is 58.7 Å². The molecule has 1 atom stereocenters. The number of allylic oxidation sites excluding steroid dienone is 2. The van der Waals surface area contributed by atoms with E-state index in [1.165, 1.54) is 0 Å². The number of benzene rings is 2. The van der Waals surface area contributed by atoms with Gasteiger partial charge in [0.25, 0.3) is 0 Å². The van der Waals surface area contributed by atoms with Crippen LogP contribution in [-0.2, 0) is 20.6 Å². The second-order valence-electron chi connectivity index (χ2n) is 10.00. The van der Waals surface area contributed by atoms with Gasteiger partial charge in [0.2, 0.25) is 0 Å². The highest BCUT2D eigenvalue weighted by atomic mass is 79.9. The van der Waals surface area contributed by atoms with E-state index >= 15 is 0 Å². The van der Waals surface area contributed by atoms with E-state index in [1.807, 2.05) is 90.1 Å². The van der Waals surface area contributed by atoms with Crippen molar-refractivity contribution in [2.24, 2.45) is 0 Å². The minimum atomic E-state index is -0.679. The fourth-order valence-corrected chi connectivity index (χ4v) is 3.81. The number of alkyl carbamates (subject to hydrolysis) is 2. The minimum absolute atomic E-state index is 0.0965. The zero-order valence-electron chi connectivity index (χ0n) is 22.0. The molecule has 0 saturated heterocycles. The van der Waals surface area contributed by atoms with Crippen LogP contribution in [0, 0.1) is 0 Å². The van der Waals surface area contributed by atoms with E-state index in [0.29, 0.717) is 5.33 Å². The van der Waals surface area contributed by atoms with Crippen LogP contribution in [0.5, 0.6) is 0 Å². The van der Waals surface area contributed by atoms with E-state index in [2.05, 4.69) is 39.7 Å². The average Bonchev–Trinajstić information content (AvgIpc) is 2.81. The summed E-state index contributed by atoms with van der Waals surface area (Å²) in [6.45, 7) is 19.3. The third-order valence-electron chi connectivity index (χ3n) is 5.85. The molecule has 194 valence electrons. The first-order valence-corrected chi connectivity index (χ1v) is 12.9. The number of hydrogen-bond acceptors (Lipinski definition) is 4. The summed E-state index contributed by atoms with van der Waals surface area (Å²) < 4.78 is 10.9. The third-order valence-corrected chi connectivity index (χ3v) is 6.57. The van der Waals surface area contributed by atoms with Gasteiger partial charge in [-0.2, -0.15) is 0 Å². The van der Waals surface area contributed by atoms with Gasteiger partial charge in [-0.1, -0.05) is 82.7 Å². The van der Waals surface area contributed by atoms with Gasteiger partial charge in [-0.3, -0.25) is 0 Å². The van der Waals surface area contributed by atoms with Gasteiger partial charge < -0.3 is 20.1 Å². The van der Waals surface area contributed by atoms with E-state index in [9.17, 15) is 9.59 Å². The molecule has 2 aromatic carbocycles. The van der Waals surface area contributed by atoms with Gasteiger partial charge >= 0.3 is 12.2 Å². The van der Waals surface area contributed by atoms with Crippen molar-refractivity contribution >= 4 is 39.3 Å². The number of hydrogen-bond donors (Lipinski definition) is 2. The van der Waals surface area contributed by atoms with Crippen molar-refractivity contribution in [2.75, 3.05) is 11.9 Å². The molecule has 0 heterocycles. The normalized spacial score (nSPS) is 12.3. The quantitative estimate of drug-likeness (QED) is 0.305. The van der Waals surface area contributed by atoms with Crippen LogP contribution in [0.15, 0.2) is 61.7 Å². The van der Waals surface area contributed by atoms with Gasteiger partial charge in [0, 0.05) is 5.33 Å². The molecular formula is C29H37BrN2O4. The van der Waals surface area contributed by atoms with Gasteiger partial charge in [0.05, 0.1) is 11.1 Å². The average molecular weight is 558 g/mol. The maximum atomic E-state index is 12.6. The van der Waals surface area contributed by atoms with Crippen molar-refractivity contribution in [3.63, 3.8) is 0 Å². The van der Waals surface area contributed by atoms with Gasteiger partial charge in [-0.15, -0.1) is 0 Å².